The predicted molar refractivity (Wildman–Crippen MR) is 146 cm³/mol. The molecule has 1 aromatic heterocycles. The lowest BCUT2D eigenvalue weighted by molar-refractivity contribution is -0.162. The van der Waals surface area contributed by atoms with Crippen LogP contribution < -0.4 is 0 Å². The molecule has 1 fully saturated rings. The normalized spacial score (nSPS) is 20.1. The van der Waals surface area contributed by atoms with E-state index in [4.69, 9.17) is 0 Å². The largest absolute Gasteiger partial charge is 0.356 e. The number of H-pyrrole nitrogens is 1. The van der Waals surface area contributed by atoms with Gasteiger partial charge < -0.3 is 14.8 Å². The summed E-state index contributed by atoms with van der Waals surface area (Å²) in [6.45, 7) is 2.24. The first kappa shape index (κ1) is 23.5. The summed E-state index contributed by atoms with van der Waals surface area (Å²) in [4.78, 5) is 35.1. The molecule has 1 N–H and O–H groups in total. The van der Waals surface area contributed by atoms with Crippen LogP contribution in [-0.2, 0) is 28.9 Å². The van der Waals surface area contributed by atoms with Crippen LogP contribution in [0.1, 0.15) is 48.2 Å². The Morgan fingerprint density at radius 3 is 2.24 bits per heavy atom. The van der Waals surface area contributed by atoms with Crippen LogP contribution >= 0.6 is 0 Å². The fourth-order valence-electron chi connectivity index (χ4n) is 6.20. The number of carbonyl (C=O) groups is 2. The highest BCUT2D eigenvalue weighted by molar-refractivity contribution is 5.97. The second kappa shape index (κ2) is 9.89. The molecule has 188 valence electrons. The molecule has 5 heteroatoms. The van der Waals surface area contributed by atoms with Crippen LogP contribution in [0.5, 0.6) is 0 Å². The van der Waals surface area contributed by atoms with Crippen molar-refractivity contribution >= 4 is 22.7 Å². The van der Waals surface area contributed by atoms with Crippen LogP contribution in [0, 0.1) is 0 Å². The van der Waals surface area contributed by atoms with Gasteiger partial charge >= 0.3 is 0 Å². The summed E-state index contributed by atoms with van der Waals surface area (Å²) in [6.07, 6.45) is 3.92. The highest BCUT2D eigenvalue weighted by Crippen LogP contribution is 2.41. The molecule has 0 aliphatic carbocycles. The van der Waals surface area contributed by atoms with Crippen molar-refractivity contribution in [3.8, 4) is 0 Å². The van der Waals surface area contributed by atoms with Crippen molar-refractivity contribution in [2.75, 3.05) is 6.54 Å². The Bertz CT molecular complexity index is 1410. The van der Waals surface area contributed by atoms with Gasteiger partial charge in [-0.3, -0.25) is 9.59 Å². The summed E-state index contributed by atoms with van der Waals surface area (Å²) in [6, 6.07) is 28.5. The van der Waals surface area contributed by atoms with E-state index >= 15 is 0 Å². The molecule has 2 aliphatic heterocycles. The lowest BCUT2D eigenvalue weighted by Crippen LogP contribution is -2.64. The van der Waals surface area contributed by atoms with Gasteiger partial charge in [0.2, 0.25) is 11.8 Å². The topological polar surface area (TPSA) is 56.4 Å². The van der Waals surface area contributed by atoms with Gasteiger partial charge in [0.15, 0.2) is 0 Å². The number of nitrogens with zero attached hydrogens (tertiary/aromatic N) is 2. The van der Waals surface area contributed by atoms with Crippen LogP contribution in [0.4, 0.5) is 0 Å². The Kier molecular flexibility index (Phi) is 6.29. The molecule has 0 spiro atoms. The van der Waals surface area contributed by atoms with Crippen LogP contribution in [-0.4, -0.2) is 45.2 Å². The third kappa shape index (κ3) is 4.43. The third-order valence-corrected chi connectivity index (χ3v) is 8.19. The standard InChI is InChI=1S/C32H33N3O2/c1-22(16-17-23-10-4-2-5-11-23)34-21-30(36)35-28(19-18-24-12-6-3-7-13-24)31-26(20-29(35)32(34)37)25-14-8-9-15-27(25)33-31/h2-15,22,28-29,33H,16-21H2,1H3/t22-,28+,29-/m0/s1. The summed E-state index contributed by atoms with van der Waals surface area (Å²) < 4.78 is 0. The molecule has 2 aliphatic rings. The zero-order chi connectivity index (χ0) is 25.4. The van der Waals surface area contributed by atoms with Gasteiger partial charge in [-0.15, -0.1) is 0 Å². The second-order valence-electron chi connectivity index (χ2n) is 10.5. The number of hydrogen-bond acceptors (Lipinski definition) is 2. The van der Waals surface area contributed by atoms with Crippen molar-refractivity contribution in [3.63, 3.8) is 0 Å². The van der Waals surface area contributed by atoms with Crippen LogP contribution in [0.2, 0.25) is 0 Å². The maximum Gasteiger partial charge on any atom is 0.246 e. The Labute approximate surface area is 218 Å². The van der Waals surface area contributed by atoms with Crippen molar-refractivity contribution in [2.24, 2.45) is 0 Å². The minimum atomic E-state index is -0.451. The van der Waals surface area contributed by atoms with E-state index in [9.17, 15) is 9.59 Å². The van der Waals surface area contributed by atoms with Crippen molar-refractivity contribution in [1.29, 1.82) is 0 Å². The highest BCUT2D eigenvalue weighted by Gasteiger charge is 2.48. The van der Waals surface area contributed by atoms with Crippen LogP contribution in [0.3, 0.4) is 0 Å². The van der Waals surface area contributed by atoms with E-state index in [1.54, 1.807) is 0 Å². The zero-order valence-corrected chi connectivity index (χ0v) is 21.3. The Balaban J connectivity index is 1.30. The summed E-state index contributed by atoms with van der Waals surface area (Å²) in [5.74, 6) is 0.138. The predicted octanol–water partition coefficient (Wildman–Crippen LogP) is 5.46. The molecule has 0 radical (unpaired) electrons. The van der Waals surface area contributed by atoms with Crippen LogP contribution in [0.25, 0.3) is 10.9 Å². The maximum atomic E-state index is 14.0. The van der Waals surface area contributed by atoms with Crippen molar-refractivity contribution in [1.82, 2.24) is 14.8 Å². The number of carbonyl (C=O) groups excluding carboxylic acids is 2. The average Bonchev–Trinajstić information content (AvgIpc) is 3.31. The van der Waals surface area contributed by atoms with Crippen molar-refractivity contribution in [3.05, 3.63) is 107 Å². The minimum absolute atomic E-state index is 0.00550. The van der Waals surface area contributed by atoms with Gasteiger partial charge in [0.05, 0.1) is 6.04 Å². The number of benzene rings is 3. The first-order chi connectivity index (χ1) is 18.1. The van der Waals surface area contributed by atoms with Gasteiger partial charge in [0.1, 0.15) is 12.6 Å². The number of piperazine rings is 1. The maximum absolute atomic E-state index is 14.0. The molecule has 2 amide bonds. The first-order valence-corrected chi connectivity index (χ1v) is 13.4. The van der Waals surface area contributed by atoms with E-state index < -0.39 is 6.04 Å². The molecule has 3 aromatic carbocycles. The molecule has 0 saturated carbocycles. The van der Waals surface area contributed by atoms with E-state index in [1.807, 2.05) is 46.2 Å². The quantitative estimate of drug-likeness (QED) is 0.373. The molecular formula is C32H33N3O2. The number of nitrogens with one attached hydrogen (secondary N) is 1. The van der Waals surface area contributed by atoms with Gasteiger partial charge in [0, 0.05) is 29.1 Å². The SMILES string of the molecule is C[C@@H](CCc1ccccc1)N1CC(=O)N2[C@H](CCc3ccccc3)c3[nH]c4ccccc4c3C[C@H]2C1=O. The molecule has 4 aromatic rings. The van der Waals surface area contributed by atoms with Gasteiger partial charge in [-0.2, -0.15) is 0 Å². The summed E-state index contributed by atoms with van der Waals surface area (Å²) >= 11 is 0. The smallest absolute Gasteiger partial charge is 0.246 e. The monoisotopic (exact) mass is 491 g/mol. The summed E-state index contributed by atoms with van der Waals surface area (Å²) in [7, 11) is 0. The number of aryl methyl sites for hydroxylation is 2. The van der Waals surface area contributed by atoms with E-state index in [0.717, 1.165) is 42.3 Å². The number of aromatic amines is 1. The first-order valence-electron chi connectivity index (χ1n) is 13.4. The number of aromatic nitrogens is 1. The molecule has 6 rings (SSSR count). The van der Waals surface area contributed by atoms with Gasteiger partial charge in [-0.1, -0.05) is 78.9 Å². The van der Waals surface area contributed by atoms with E-state index in [-0.39, 0.29) is 30.4 Å². The molecule has 0 unspecified atom stereocenters. The van der Waals surface area contributed by atoms with E-state index in [0.29, 0.717) is 6.42 Å². The van der Waals surface area contributed by atoms with Gasteiger partial charge in [-0.25, -0.2) is 0 Å². The third-order valence-electron chi connectivity index (χ3n) is 8.19. The minimum Gasteiger partial charge on any atom is -0.356 e. The number of hydrogen-bond donors (Lipinski definition) is 1. The second-order valence-corrected chi connectivity index (χ2v) is 10.5. The van der Waals surface area contributed by atoms with Crippen molar-refractivity contribution in [2.45, 2.75) is 57.2 Å². The fourth-order valence-corrected chi connectivity index (χ4v) is 6.20. The van der Waals surface area contributed by atoms with Crippen molar-refractivity contribution < 1.29 is 9.59 Å². The number of fused-ring (bicyclic) bond motifs is 4. The zero-order valence-electron chi connectivity index (χ0n) is 21.3. The summed E-state index contributed by atoms with van der Waals surface area (Å²) in [5, 5.41) is 1.16. The molecule has 3 heterocycles. The molecule has 1 saturated heterocycles. The van der Waals surface area contributed by atoms with Gasteiger partial charge in [0.25, 0.3) is 0 Å². The number of amides is 2. The summed E-state index contributed by atoms with van der Waals surface area (Å²) in [5.41, 5.74) is 5.86. The molecule has 3 atom stereocenters. The molecule has 0 bridgehead atoms. The molecule has 5 nitrogen and oxygen atoms in total. The lowest BCUT2D eigenvalue weighted by atomic mass is 9.86. The molecule has 37 heavy (non-hydrogen) atoms. The van der Waals surface area contributed by atoms with E-state index in [2.05, 4.69) is 60.4 Å². The Morgan fingerprint density at radius 1 is 0.865 bits per heavy atom. The fraction of sp³-hybridized carbons (Fsp3) is 0.312. The lowest BCUT2D eigenvalue weighted by Gasteiger charge is -2.48. The Morgan fingerprint density at radius 2 is 1.51 bits per heavy atom. The Hall–Kier alpha value is -3.86. The number of rotatable bonds is 7. The molecular weight excluding hydrogens is 458 g/mol. The van der Waals surface area contributed by atoms with Gasteiger partial charge in [-0.05, 0) is 55.4 Å². The number of para-hydroxylation sites is 1. The average molecular weight is 492 g/mol. The van der Waals surface area contributed by atoms with E-state index in [1.165, 1.54) is 16.7 Å². The van der Waals surface area contributed by atoms with Crippen LogP contribution in [0.15, 0.2) is 84.9 Å². The highest BCUT2D eigenvalue weighted by atomic mass is 16.2.